The van der Waals surface area contributed by atoms with Crippen molar-refractivity contribution in [2.45, 2.75) is 37.2 Å². The molecule has 2 N–H and O–H groups in total. The van der Waals surface area contributed by atoms with Crippen LogP contribution in [0.25, 0.3) is 0 Å². The summed E-state index contributed by atoms with van der Waals surface area (Å²) in [5.74, 6) is -5.34. The predicted molar refractivity (Wildman–Crippen MR) is 118 cm³/mol. The first-order valence-electron chi connectivity index (χ1n) is 11.2. The number of carboxylic acid groups (broad SMARTS) is 2. The monoisotopic (exact) mass is 561 g/mol. The molecule has 10 nitrogen and oxygen atoms in total. The Bertz CT molecular complexity index is 868. The van der Waals surface area contributed by atoms with E-state index in [-0.39, 0.29) is 11.5 Å². The molecular weight excluding hydrogens is 532 g/mol. The number of halogens is 6. The third kappa shape index (κ3) is 12.0. The van der Waals surface area contributed by atoms with E-state index in [2.05, 4.69) is 9.88 Å². The summed E-state index contributed by atoms with van der Waals surface area (Å²) in [5.41, 5.74) is 0.810. The normalized spacial score (nSPS) is 17.5. The zero-order chi connectivity index (χ0) is 29.0. The van der Waals surface area contributed by atoms with Gasteiger partial charge in [0, 0.05) is 52.2 Å². The summed E-state index contributed by atoms with van der Waals surface area (Å²) >= 11 is 0. The number of carbonyl (C=O) groups excluding carboxylic acids is 1. The molecular formula is C22H29F6N3O7. The number of carbonyl (C=O) groups is 3. The molecule has 1 amide bonds. The summed E-state index contributed by atoms with van der Waals surface area (Å²) in [5, 5.41) is 14.2. The summed E-state index contributed by atoms with van der Waals surface area (Å²) in [7, 11) is 1.74. The molecule has 216 valence electrons. The van der Waals surface area contributed by atoms with Gasteiger partial charge in [0.25, 0.3) is 0 Å². The molecule has 0 atom stereocenters. The number of carboxylic acids is 2. The van der Waals surface area contributed by atoms with Crippen molar-refractivity contribution >= 4 is 17.8 Å². The second kappa shape index (κ2) is 14.8. The van der Waals surface area contributed by atoms with Gasteiger partial charge in [-0.1, -0.05) is 6.07 Å². The van der Waals surface area contributed by atoms with Gasteiger partial charge in [0.1, 0.15) is 0 Å². The van der Waals surface area contributed by atoms with E-state index in [4.69, 9.17) is 29.3 Å². The number of piperidine rings is 1. The van der Waals surface area contributed by atoms with Crippen molar-refractivity contribution in [1.82, 2.24) is 14.8 Å². The van der Waals surface area contributed by atoms with Crippen LogP contribution in [0.5, 0.6) is 0 Å². The molecule has 1 aromatic heterocycles. The van der Waals surface area contributed by atoms with Crippen LogP contribution in [0, 0.1) is 0 Å². The van der Waals surface area contributed by atoms with Gasteiger partial charge in [0.05, 0.1) is 25.2 Å². The first-order chi connectivity index (χ1) is 17.6. The first kappa shape index (κ1) is 33.0. The van der Waals surface area contributed by atoms with Crippen molar-refractivity contribution in [3.05, 3.63) is 30.1 Å². The molecule has 0 radical (unpaired) electrons. The lowest BCUT2D eigenvalue weighted by atomic mass is 9.89. The smallest absolute Gasteiger partial charge is 0.475 e. The molecule has 2 aliphatic rings. The standard InChI is InChI=1S/C18H27N3O3.2C2HF3O2/c1-23-11-9-20-7-4-18(5-8-20)15-21(10-12-24-18)17(22)13-16-3-2-6-19-14-16;2*3-2(4,5)1(6)7/h2-3,6,14H,4-5,7-13,15H2,1H3;2*(H,6,7). The highest BCUT2D eigenvalue weighted by Crippen LogP contribution is 2.30. The molecule has 16 heteroatoms. The van der Waals surface area contributed by atoms with Gasteiger partial charge in [0.15, 0.2) is 0 Å². The van der Waals surface area contributed by atoms with Crippen LogP contribution < -0.4 is 0 Å². The zero-order valence-corrected chi connectivity index (χ0v) is 20.4. The SMILES string of the molecule is COCCN1CCC2(CC1)CN(C(=O)Cc1cccnc1)CCO2.O=C(O)C(F)(F)F.O=C(O)C(F)(F)F. The highest BCUT2D eigenvalue weighted by Gasteiger charge is 2.41. The Kier molecular flexibility index (Phi) is 12.9. The summed E-state index contributed by atoms with van der Waals surface area (Å²) in [4.78, 5) is 38.9. The van der Waals surface area contributed by atoms with Crippen LogP contribution in [0.3, 0.4) is 0 Å². The molecule has 1 aromatic rings. The topological polar surface area (TPSA) is 130 Å². The van der Waals surface area contributed by atoms with Crippen LogP contribution in [0.2, 0.25) is 0 Å². The highest BCUT2D eigenvalue weighted by molar-refractivity contribution is 5.79. The maximum Gasteiger partial charge on any atom is 0.490 e. The second-order valence-corrected chi connectivity index (χ2v) is 8.33. The number of hydrogen-bond donors (Lipinski definition) is 2. The van der Waals surface area contributed by atoms with E-state index in [1.807, 2.05) is 17.0 Å². The maximum absolute atomic E-state index is 12.6. The zero-order valence-electron chi connectivity index (χ0n) is 20.4. The van der Waals surface area contributed by atoms with E-state index in [1.165, 1.54) is 0 Å². The Balaban J connectivity index is 0.000000426. The van der Waals surface area contributed by atoms with Gasteiger partial charge in [-0.05, 0) is 24.5 Å². The van der Waals surface area contributed by atoms with Crippen molar-refractivity contribution in [2.24, 2.45) is 0 Å². The van der Waals surface area contributed by atoms with Crippen LogP contribution in [0.1, 0.15) is 18.4 Å². The fourth-order valence-electron chi connectivity index (χ4n) is 3.55. The number of likely N-dealkylation sites (tertiary alicyclic amines) is 1. The number of aliphatic carboxylic acids is 2. The molecule has 0 aliphatic carbocycles. The minimum atomic E-state index is -5.08. The lowest BCUT2D eigenvalue weighted by Crippen LogP contribution is -2.58. The van der Waals surface area contributed by atoms with Gasteiger partial charge in [0.2, 0.25) is 5.91 Å². The number of methoxy groups -OCH3 is 1. The Hall–Kier alpha value is -2.98. The van der Waals surface area contributed by atoms with Gasteiger partial charge in [-0.3, -0.25) is 9.78 Å². The molecule has 2 fully saturated rings. The average molecular weight is 561 g/mol. The van der Waals surface area contributed by atoms with E-state index >= 15 is 0 Å². The Morgan fingerprint density at radius 1 is 1.05 bits per heavy atom. The largest absolute Gasteiger partial charge is 0.490 e. The molecule has 2 aliphatic heterocycles. The van der Waals surface area contributed by atoms with Crippen LogP contribution in [0.4, 0.5) is 26.3 Å². The molecule has 0 bridgehead atoms. The number of aromatic nitrogens is 1. The van der Waals surface area contributed by atoms with Gasteiger partial charge in [-0.25, -0.2) is 9.59 Å². The van der Waals surface area contributed by atoms with Crippen molar-refractivity contribution in [1.29, 1.82) is 0 Å². The Morgan fingerprint density at radius 3 is 2.05 bits per heavy atom. The third-order valence-corrected chi connectivity index (χ3v) is 5.54. The summed E-state index contributed by atoms with van der Waals surface area (Å²) < 4.78 is 74.8. The Morgan fingerprint density at radius 2 is 1.61 bits per heavy atom. The molecule has 0 saturated carbocycles. The number of rotatable bonds is 5. The van der Waals surface area contributed by atoms with Gasteiger partial charge >= 0.3 is 24.3 Å². The van der Waals surface area contributed by atoms with E-state index < -0.39 is 24.3 Å². The lowest BCUT2D eigenvalue weighted by Gasteiger charge is -2.47. The molecule has 2 saturated heterocycles. The number of alkyl halides is 6. The quantitative estimate of drug-likeness (QED) is 0.520. The van der Waals surface area contributed by atoms with Crippen molar-refractivity contribution in [2.75, 3.05) is 53.0 Å². The maximum atomic E-state index is 12.6. The van der Waals surface area contributed by atoms with Crippen LogP contribution in [-0.4, -0.2) is 114 Å². The minimum Gasteiger partial charge on any atom is -0.475 e. The van der Waals surface area contributed by atoms with Gasteiger partial charge in [-0.15, -0.1) is 0 Å². The predicted octanol–water partition coefficient (Wildman–Crippen LogP) is 2.23. The number of ether oxygens (including phenoxy) is 2. The summed E-state index contributed by atoms with van der Waals surface area (Å²) in [6.07, 6.45) is -4.29. The van der Waals surface area contributed by atoms with E-state index in [9.17, 15) is 31.1 Å². The lowest BCUT2D eigenvalue weighted by molar-refractivity contribution is -0.193. The third-order valence-electron chi connectivity index (χ3n) is 5.54. The highest BCUT2D eigenvalue weighted by atomic mass is 19.4. The fraction of sp³-hybridized carbons (Fsp3) is 0.636. The van der Waals surface area contributed by atoms with Crippen LogP contribution >= 0.6 is 0 Å². The Labute approximate surface area is 214 Å². The summed E-state index contributed by atoms with van der Waals surface area (Å²) in [6, 6.07) is 3.83. The van der Waals surface area contributed by atoms with Crippen molar-refractivity contribution in [3.8, 4) is 0 Å². The second-order valence-electron chi connectivity index (χ2n) is 8.33. The molecule has 0 unspecified atom stereocenters. The van der Waals surface area contributed by atoms with Gasteiger partial charge in [-0.2, -0.15) is 26.3 Å². The number of pyridine rings is 1. The molecule has 0 aromatic carbocycles. The number of morpholine rings is 1. The van der Waals surface area contributed by atoms with Crippen molar-refractivity contribution < 1.29 is 60.4 Å². The number of amides is 1. The fourth-order valence-corrected chi connectivity index (χ4v) is 3.55. The molecule has 38 heavy (non-hydrogen) atoms. The number of nitrogens with zero attached hydrogens (tertiary/aromatic N) is 3. The average Bonchev–Trinajstić information content (AvgIpc) is 2.84. The molecule has 3 heterocycles. The van der Waals surface area contributed by atoms with E-state index in [0.717, 1.165) is 44.6 Å². The summed E-state index contributed by atoms with van der Waals surface area (Å²) in [6.45, 7) is 5.79. The number of hydrogen-bond acceptors (Lipinski definition) is 7. The first-order valence-corrected chi connectivity index (χ1v) is 11.2. The van der Waals surface area contributed by atoms with E-state index in [1.54, 1.807) is 19.5 Å². The van der Waals surface area contributed by atoms with Gasteiger partial charge < -0.3 is 29.5 Å². The minimum absolute atomic E-state index is 0.160. The van der Waals surface area contributed by atoms with Crippen LogP contribution in [-0.2, 0) is 30.3 Å². The van der Waals surface area contributed by atoms with E-state index in [0.29, 0.717) is 26.1 Å². The molecule has 3 rings (SSSR count). The van der Waals surface area contributed by atoms with Crippen LogP contribution in [0.15, 0.2) is 24.5 Å². The molecule has 1 spiro atoms. The van der Waals surface area contributed by atoms with Crippen molar-refractivity contribution in [3.63, 3.8) is 0 Å².